The Morgan fingerprint density at radius 2 is 2.12 bits per heavy atom. The molecule has 2 heterocycles. The summed E-state index contributed by atoms with van der Waals surface area (Å²) in [7, 11) is 1.58. The Bertz CT molecular complexity index is 878. The standard InChI is InChI=1S/C17H18N4O2S/c1-11-7-8-14(23-3)13(10-11)18-16(22)12(2)24-17-20-19-15-6-4-5-9-21(15)17/h4-10,12H,1-3H3,(H,18,22)/t12-/m1/s1. The molecule has 0 unspecified atom stereocenters. The van der Waals surface area contributed by atoms with Crippen LogP contribution in [0.25, 0.3) is 5.65 Å². The quantitative estimate of drug-likeness (QED) is 0.721. The zero-order valence-electron chi connectivity index (χ0n) is 13.7. The van der Waals surface area contributed by atoms with E-state index in [-0.39, 0.29) is 11.2 Å². The highest BCUT2D eigenvalue weighted by molar-refractivity contribution is 8.00. The number of aromatic nitrogens is 3. The van der Waals surface area contributed by atoms with Crippen LogP contribution in [0.5, 0.6) is 5.75 Å². The zero-order chi connectivity index (χ0) is 17.1. The highest BCUT2D eigenvalue weighted by Gasteiger charge is 2.19. The number of carbonyl (C=O) groups excluding carboxylic acids is 1. The van der Waals surface area contributed by atoms with Crippen molar-refractivity contribution in [2.75, 3.05) is 12.4 Å². The highest BCUT2D eigenvalue weighted by atomic mass is 32.2. The Kier molecular flexibility index (Phi) is 4.71. The lowest BCUT2D eigenvalue weighted by Crippen LogP contribution is -2.23. The van der Waals surface area contributed by atoms with E-state index in [4.69, 9.17) is 4.74 Å². The lowest BCUT2D eigenvalue weighted by molar-refractivity contribution is -0.115. The Labute approximate surface area is 144 Å². The minimum Gasteiger partial charge on any atom is -0.495 e. The predicted molar refractivity (Wildman–Crippen MR) is 94.7 cm³/mol. The van der Waals surface area contributed by atoms with E-state index in [1.165, 1.54) is 11.8 Å². The monoisotopic (exact) mass is 342 g/mol. The molecule has 0 saturated heterocycles. The molecule has 0 aliphatic rings. The van der Waals surface area contributed by atoms with Crippen molar-refractivity contribution in [3.05, 3.63) is 48.2 Å². The molecule has 24 heavy (non-hydrogen) atoms. The van der Waals surface area contributed by atoms with Crippen molar-refractivity contribution in [3.8, 4) is 5.75 Å². The van der Waals surface area contributed by atoms with Gasteiger partial charge in [-0.3, -0.25) is 9.20 Å². The van der Waals surface area contributed by atoms with E-state index >= 15 is 0 Å². The van der Waals surface area contributed by atoms with Crippen LogP contribution < -0.4 is 10.1 Å². The van der Waals surface area contributed by atoms with Gasteiger partial charge in [0.15, 0.2) is 10.8 Å². The Balaban J connectivity index is 1.74. The molecule has 0 spiro atoms. The molecule has 0 saturated carbocycles. The number of pyridine rings is 1. The number of methoxy groups -OCH3 is 1. The molecule has 1 atom stereocenters. The summed E-state index contributed by atoms with van der Waals surface area (Å²) < 4.78 is 7.16. The van der Waals surface area contributed by atoms with E-state index in [1.54, 1.807) is 7.11 Å². The van der Waals surface area contributed by atoms with Gasteiger partial charge < -0.3 is 10.1 Å². The number of anilines is 1. The van der Waals surface area contributed by atoms with Gasteiger partial charge in [-0.05, 0) is 43.7 Å². The number of hydrogen-bond acceptors (Lipinski definition) is 5. The maximum atomic E-state index is 12.5. The summed E-state index contributed by atoms with van der Waals surface area (Å²) in [6, 6.07) is 11.4. The summed E-state index contributed by atoms with van der Waals surface area (Å²) in [5.41, 5.74) is 2.48. The normalized spacial score (nSPS) is 12.1. The fraction of sp³-hybridized carbons (Fsp3) is 0.235. The van der Waals surface area contributed by atoms with Gasteiger partial charge in [0.05, 0.1) is 18.0 Å². The van der Waals surface area contributed by atoms with Crippen LogP contribution in [0.2, 0.25) is 0 Å². The fourth-order valence-electron chi connectivity index (χ4n) is 2.27. The first-order valence-corrected chi connectivity index (χ1v) is 8.38. The largest absolute Gasteiger partial charge is 0.495 e. The number of fused-ring (bicyclic) bond motifs is 1. The van der Waals surface area contributed by atoms with E-state index in [0.29, 0.717) is 16.6 Å². The van der Waals surface area contributed by atoms with Crippen LogP contribution in [0, 0.1) is 6.92 Å². The second-order valence-corrected chi connectivity index (χ2v) is 6.67. The third-order valence-electron chi connectivity index (χ3n) is 3.55. The number of benzene rings is 1. The summed E-state index contributed by atoms with van der Waals surface area (Å²) in [4.78, 5) is 12.5. The lowest BCUT2D eigenvalue weighted by atomic mass is 10.2. The average Bonchev–Trinajstić information content (AvgIpc) is 2.98. The molecule has 0 aliphatic carbocycles. The molecule has 0 aliphatic heterocycles. The van der Waals surface area contributed by atoms with Crippen molar-refractivity contribution in [1.29, 1.82) is 0 Å². The van der Waals surface area contributed by atoms with Crippen LogP contribution in [0.1, 0.15) is 12.5 Å². The molecular weight excluding hydrogens is 324 g/mol. The molecule has 2 aromatic heterocycles. The summed E-state index contributed by atoms with van der Waals surface area (Å²) >= 11 is 1.36. The molecule has 1 amide bonds. The summed E-state index contributed by atoms with van der Waals surface area (Å²) in [6.45, 7) is 3.81. The average molecular weight is 342 g/mol. The van der Waals surface area contributed by atoms with Crippen LogP contribution in [0.3, 0.4) is 0 Å². The maximum Gasteiger partial charge on any atom is 0.237 e. The Morgan fingerprint density at radius 1 is 1.29 bits per heavy atom. The Morgan fingerprint density at radius 3 is 2.92 bits per heavy atom. The van der Waals surface area contributed by atoms with Crippen molar-refractivity contribution in [2.45, 2.75) is 24.3 Å². The van der Waals surface area contributed by atoms with Crippen molar-refractivity contribution < 1.29 is 9.53 Å². The molecular formula is C17H18N4O2S. The summed E-state index contributed by atoms with van der Waals surface area (Å²) in [5, 5.41) is 11.5. The maximum absolute atomic E-state index is 12.5. The molecule has 3 aromatic rings. The van der Waals surface area contributed by atoms with Gasteiger partial charge in [0.25, 0.3) is 0 Å². The van der Waals surface area contributed by atoms with Gasteiger partial charge in [-0.1, -0.05) is 23.9 Å². The van der Waals surface area contributed by atoms with Crippen molar-refractivity contribution in [3.63, 3.8) is 0 Å². The minimum atomic E-state index is -0.331. The topological polar surface area (TPSA) is 68.5 Å². The van der Waals surface area contributed by atoms with Gasteiger partial charge >= 0.3 is 0 Å². The number of nitrogens with zero attached hydrogens (tertiary/aromatic N) is 3. The molecule has 1 N–H and O–H groups in total. The third-order valence-corrected chi connectivity index (χ3v) is 4.60. The van der Waals surface area contributed by atoms with E-state index in [9.17, 15) is 4.79 Å². The molecule has 0 bridgehead atoms. The first-order valence-electron chi connectivity index (χ1n) is 7.50. The van der Waals surface area contributed by atoms with Gasteiger partial charge in [0, 0.05) is 6.20 Å². The number of rotatable bonds is 5. The van der Waals surface area contributed by atoms with Crippen molar-refractivity contribution in [2.24, 2.45) is 0 Å². The zero-order valence-corrected chi connectivity index (χ0v) is 14.5. The van der Waals surface area contributed by atoms with E-state index in [2.05, 4.69) is 15.5 Å². The van der Waals surface area contributed by atoms with Crippen LogP contribution in [0.4, 0.5) is 5.69 Å². The van der Waals surface area contributed by atoms with Crippen LogP contribution >= 0.6 is 11.8 Å². The van der Waals surface area contributed by atoms with Crippen LogP contribution in [0.15, 0.2) is 47.8 Å². The van der Waals surface area contributed by atoms with Gasteiger partial charge in [0.1, 0.15) is 5.75 Å². The van der Waals surface area contributed by atoms with E-state index in [1.807, 2.05) is 60.8 Å². The van der Waals surface area contributed by atoms with Gasteiger partial charge in [-0.15, -0.1) is 10.2 Å². The number of carbonyl (C=O) groups is 1. The summed E-state index contributed by atoms with van der Waals surface area (Å²) in [6.07, 6.45) is 1.88. The number of hydrogen-bond donors (Lipinski definition) is 1. The third kappa shape index (κ3) is 3.35. The number of nitrogens with one attached hydrogen (secondary N) is 1. The molecule has 1 aromatic carbocycles. The second-order valence-electron chi connectivity index (χ2n) is 5.36. The molecule has 0 fully saturated rings. The van der Waals surface area contributed by atoms with Crippen molar-refractivity contribution >= 4 is 29.0 Å². The van der Waals surface area contributed by atoms with E-state index in [0.717, 1.165) is 11.2 Å². The number of ether oxygens (including phenoxy) is 1. The van der Waals surface area contributed by atoms with Gasteiger partial charge in [-0.2, -0.15) is 0 Å². The minimum absolute atomic E-state index is 0.114. The predicted octanol–water partition coefficient (Wildman–Crippen LogP) is 3.17. The number of thioether (sulfide) groups is 1. The summed E-state index contributed by atoms with van der Waals surface area (Å²) in [5.74, 6) is 0.524. The molecule has 124 valence electrons. The van der Waals surface area contributed by atoms with Crippen molar-refractivity contribution in [1.82, 2.24) is 14.6 Å². The van der Waals surface area contributed by atoms with Gasteiger partial charge in [0.2, 0.25) is 5.91 Å². The first kappa shape index (κ1) is 16.3. The fourth-order valence-corrected chi connectivity index (χ4v) is 3.10. The highest BCUT2D eigenvalue weighted by Crippen LogP contribution is 2.27. The second kappa shape index (κ2) is 6.92. The van der Waals surface area contributed by atoms with Crippen LogP contribution in [-0.2, 0) is 4.79 Å². The SMILES string of the molecule is COc1ccc(C)cc1NC(=O)[C@@H](C)Sc1nnc2ccccn12. The van der Waals surface area contributed by atoms with Crippen LogP contribution in [-0.4, -0.2) is 32.9 Å². The molecule has 3 rings (SSSR count). The number of amides is 1. The van der Waals surface area contributed by atoms with E-state index < -0.39 is 0 Å². The van der Waals surface area contributed by atoms with Gasteiger partial charge in [-0.25, -0.2) is 0 Å². The first-order chi connectivity index (χ1) is 11.6. The Hall–Kier alpha value is -2.54. The molecule has 6 nitrogen and oxygen atoms in total. The molecule has 0 radical (unpaired) electrons. The number of aryl methyl sites for hydroxylation is 1. The smallest absolute Gasteiger partial charge is 0.237 e. The lowest BCUT2D eigenvalue weighted by Gasteiger charge is -2.14. The molecule has 7 heteroatoms.